The standard InChI is InChI=1S/C72H76N2O12/c1-82-63-45-15-14-39-28-38-9-5-12-42(38)56-54(39)57(45)59-62(78)58(56)50(76)33-74-32-48-37(8-4-13-43(48)66(74)79)10-7-27-83-65-61(77)52-34-84-51(18-16-46(63)64(59)86-67(85-52)72(65,81)36-75)47-31-73-49-29-40-20-24-70-35-71(80)23-6-11-41(71)30-69(70)26-25-68(21-2-3-22-68)53(69)19-17-44(55(47)49)60(40)70/h4,8,13,16,18,28-29,31,38,41-42,51-53,61,65,67,73,75,77-78,80-81H,2-3,5-6,9-12,14-15,17,19-26,30,32-36H2,1H3. The highest BCUT2D eigenvalue weighted by Crippen LogP contribution is 2.78. The highest BCUT2D eigenvalue weighted by Gasteiger charge is 2.72. The number of aromatic amines is 1. The van der Waals surface area contributed by atoms with Gasteiger partial charge in [0, 0.05) is 57.6 Å². The molecule has 9 aliphatic carbocycles. The van der Waals surface area contributed by atoms with E-state index in [9.17, 15) is 30.3 Å². The number of Topliss-reactive ketones (excluding diaryl/α,β-unsaturated/α-hetero) is 1. The third-order valence-corrected chi connectivity index (χ3v) is 25.5. The number of fused-ring (bicyclic) bond motifs is 11. The second kappa shape index (κ2) is 18.5. The van der Waals surface area contributed by atoms with Crippen molar-refractivity contribution in [3.63, 3.8) is 0 Å². The number of methoxy groups -OCH3 is 1. The fourth-order valence-electron chi connectivity index (χ4n) is 22.1. The summed E-state index contributed by atoms with van der Waals surface area (Å²) >= 11 is 0. The maximum Gasteiger partial charge on any atom is 0.254 e. The number of ether oxygens (including phenoxy) is 5. The zero-order chi connectivity index (χ0) is 58.0. The highest BCUT2D eigenvalue weighted by atomic mass is 16.7. The van der Waals surface area contributed by atoms with Crippen LogP contribution >= 0.6 is 0 Å². The van der Waals surface area contributed by atoms with Gasteiger partial charge >= 0.3 is 0 Å². The maximum atomic E-state index is 15.7. The molecule has 8 bridgehead atoms. The van der Waals surface area contributed by atoms with Crippen LogP contribution in [0, 0.1) is 40.6 Å². The lowest BCUT2D eigenvalue weighted by molar-refractivity contribution is -0.328. The van der Waals surface area contributed by atoms with E-state index >= 15 is 4.79 Å². The quantitative estimate of drug-likeness (QED) is 0.0936. The summed E-state index contributed by atoms with van der Waals surface area (Å²) in [5.41, 5.74) is 9.47. The van der Waals surface area contributed by atoms with E-state index in [-0.39, 0.29) is 77.1 Å². The number of nitrogens with zero attached hydrogens (tertiary/aromatic N) is 1. The van der Waals surface area contributed by atoms with Gasteiger partial charge in [0.1, 0.15) is 41.7 Å². The molecule has 14 heteroatoms. The number of rotatable bonds is 3. The van der Waals surface area contributed by atoms with E-state index in [2.05, 4.69) is 35.4 Å². The Morgan fingerprint density at radius 1 is 0.884 bits per heavy atom. The van der Waals surface area contributed by atoms with E-state index in [1.54, 1.807) is 24.1 Å². The molecule has 5 saturated carbocycles. The predicted molar refractivity (Wildman–Crippen MR) is 320 cm³/mol. The van der Waals surface area contributed by atoms with E-state index in [0.29, 0.717) is 52.4 Å². The molecular weight excluding hydrogens is 1080 g/mol. The number of phenols is 1. The number of aliphatic hydroxyl groups is 4. The number of benzene rings is 4. The second-order valence-electron chi connectivity index (χ2n) is 28.8. The van der Waals surface area contributed by atoms with Crippen molar-refractivity contribution in [2.45, 2.75) is 195 Å². The van der Waals surface area contributed by atoms with Crippen LogP contribution in [0.1, 0.15) is 198 Å². The van der Waals surface area contributed by atoms with Gasteiger partial charge in [-0.2, -0.15) is 0 Å². The van der Waals surface area contributed by atoms with Crippen LogP contribution in [0.4, 0.5) is 0 Å². The van der Waals surface area contributed by atoms with Gasteiger partial charge in [0.05, 0.1) is 49.0 Å². The molecule has 86 heavy (non-hydrogen) atoms. The fraction of sp³-hybridized carbons (Fsp3) is 0.556. The molecule has 4 aliphatic heterocycles. The van der Waals surface area contributed by atoms with Crippen molar-refractivity contribution in [1.29, 1.82) is 0 Å². The lowest BCUT2D eigenvalue weighted by Crippen LogP contribution is -2.70. The summed E-state index contributed by atoms with van der Waals surface area (Å²) in [6.45, 7) is -1.32. The van der Waals surface area contributed by atoms with E-state index in [0.717, 1.165) is 127 Å². The Kier molecular flexibility index (Phi) is 11.4. The molecular formula is C72H76N2O12. The van der Waals surface area contributed by atoms with E-state index < -0.39 is 54.3 Å². The number of aliphatic hydroxyl groups excluding tert-OH is 2. The third-order valence-electron chi connectivity index (χ3n) is 25.5. The van der Waals surface area contributed by atoms with Gasteiger partial charge in [-0.05, 0) is 200 Å². The fourth-order valence-corrected chi connectivity index (χ4v) is 22.1. The smallest absolute Gasteiger partial charge is 0.254 e. The Bertz CT molecular complexity index is 3970. The Hall–Kier alpha value is -6.18. The molecule has 13 unspecified atom stereocenters. The monoisotopic (exact) mass is 1160 g/mol. The number of ketones is 1. The summed E-state index contributed by atoms with van der Waals surface area (Å²) in [6.07, 6.45) is 25.0. The molecule has 13 aliphatic rings. The van der Waals surface area contributed by atoms with Crippen LogP contribution in [0.25, 0.3) is 33.3 Å². The first-order chi connectivity index (χ1) is 41.8. The first-order valence-corrected chi connectivity index (χ1v) is 32.6. The zero-order valence-electron chi connectivity index (χ0n) is 49.0. The first-order valence-electron chi connectivity index (χ1n) is 32.6. The average molecular weight is 1160 g/mol. The van der Waals surface area contributed by atoms with Crippen LogP contribution in [-0.2, 0) is 51.9 Å². The van der Waals surface area contributed by atoms with Crippen molar-refractivity contribution in [3.05, 3.63) is 109 Å². The van der Waals surface area contributed by atoms with Crippen molar-refractivity contribution in [3.8, 4) is 29.3 Å². The number of H-pyrrole nitrogens is 1. The third kappa shape index (κ3) is 6.80. The number of aromatic hydroxyl groups is 1. The second-order valence-corrected chi connectivity index (χ2v) is 28.8. The molecule has 1 saturated heterocycles. The number of amides is 1. The molecule has 6 N–H and O–H groups in total. The summed E-state index contributed by atoms with van der Waals surface area (Å²) < 4.78 is 34.1. The number of nitrogens with one attached hydrogen (secondary N) is 1. The maximum absolute atomic E-state index is 15.7. The van der Waals surface area contributed by atoms with E-state index in [1.165, 1.54) is 55.2 Å². The molecule has 1 amide bonds. The van der Waals surface area contributed by atoms with Gasteiger partial charge in [0.25, 0.3) is 5.91 Å². The number of carbonyl (C=O) groups is 2. The largest absolute Gasteiger partial charge is 0.506 e. The first kappa shape index (κ1) is 52.9. The lowest BCUT2D eigenvalue weighted by atomic mass is 9.44. The van der Waals surface area contributed by atoms with Crippen LogP contribution in [0.5, 0.6) is 17.2 Å². The van der Waals surface area contributed by atoms with Gasteiger partial charge < -0.3 is 59.1 Å². The minimum atomic E-state index is -2.48. The number of aromatic nitrogens is 1. The number of phenolic OH excluding ortho intramolecular Hbond substituents is 1. The number of carbonyl (C=O) groups excluding carboxylic acids is 2. The van der Waals surface area contributed by atoms with Gasteiger partial charge in [-0.25, -0.2) is 0 Å². The molecule has 0 radical (unpaired) electrons. The Labute approximate surface area is 500 Å². The lowest BCUT2D eigenvalue weighted by Gasteiger charge is -2.61. The van der Waals surface area contributed by atoms with Crippen molar-refractivity contribution in [2.75, 3.05) is 26.9 Å². The molecule has 3 spiro atoms. The average Bonchev–Trinajstić information content (AvgIpc) is 1.45. The summed E-state index contributed by atoms with van der Waals surface area (Å²) in [7, 11) is 1.63. The number of hydrogen-bond acceptors (Lipinski definition) is 12. The number of hydrogen-bond donors (Lipinski definition) is 6. The minimum absolute atomic E-state index is 0.0392. The van der Waals surface area contributed by atoms with Crippen molar-refractivity contribution in [2.24, 2.45) is 28.6 Å². The van der Waals surface area contributed by atoms with Gasteiger partial charge in [-0.1, -0.05) is 55.9 Å². The molecule has 13 atom stereocenters. The van der Waals surface area contributed by atoms with Crippen LogP contribution < -0.4 is 9.47 Å². The molecule has 14 nitrogen and oxygen atoms in total. The van der Waals surface area contributed by atoms with E-state index in [1.807, 2.05) is 18.2 Å². The topological polar surface area (TPSA) is 200 Å². The van der Waals surface area contributed by atoms with Crippen LogP contribution in [-0.4, -0.2) is 110 Å². The number of aryl methyl sites for hydroxylation is 3. The van der Waals surface area contributed by atoms with Crippen LogP contribution in [0.15, 0.2) is 42.6 Å². The van der Waals surface area contributed by atoms with Gasteiger partial charge in [-0.3, -0.25) is 9.59 Å². The molecule has 1 aromatic heterocycles. The van der Waals surface area contributed by atoms with Crippen molar-refractivity contribution < 1.29 is 58.8 Å². The summed E-state index contributed by atoms with van der Waals surface area (Å²) in [4.78, 5) is 35.4. The number of allylic oxidation sites excluding steroid dienone is 2. The van der Waals surface area contributed by atoms with Gasteiger partial charge in [0.15, 0.2) is 17.5 Å². The zero-order valence-corrected chi connectivity index (χ0v) is 49.0. The van der Waals surface area contributed by atoms with Gasteiger partial charge in [-0.15, -0.1) is 0 Å². The summed E-state index contributed by atoms with van der Waals surface area (Å²) in [5.74, 6) is 3.63. The van der Waals surface area contributed by atoms with Gasteiger partial charge in [0.2, 0.25) is 6.29 Å². The Balaban J connectivity index is 0.869. The molecule has 6 fully saturated rings. The summed E-state index contributed by atoms with van der Waals surface area (Å²) in [6, 6.07) is 7.84. The van der Waals surface area contributed by atoms with Crippen molar-refractivity contribution in [1.82, 2.24) is 9.88 Å². The normalized spacial score (nSPS) is 36.4. The molecule has 5 aromatic rings. The van der Waals surface area contributed by atoms with E-state index in [4.69, 9.17) is 23.7 Å². The predicted octanol–water partition coefficient (Wildman–Crippen LogP) is 10.4. The molecule has 18 rings (SSSR count). The molecule has 446 valence electrons. The SMILES string of the molecule is COc1c2c3c4c(O)c(c5c6c4c1CCC6=CC1CCCC51)C(=O)CN1Cc4c(cccc4C1=O)CC#COC1C(O)C(COC(c4c[nH]c5cc6c7c(c45)CCC4C5(CCCC5)CCC45CC4CCCC4(O)CC75CC6)C=C2)OC(O3)C1(O)CO. The highest BCUT2D eigenvalue weighted by molar-refractivity contribution is 6.17. The summed E-state index contributed by atoms with van der Waals surface area (Å²) in [5, 5.41) is 65.7. The Morgan fingerprint density at radius 2 is 1.77 bits per heavy atom. The Morgan fingerprint density at radius 3 is 2.63 bits per heavy atom. The van der Waals surface area contributed by atoms with Crippen LogP contribution in [0.3, 0.4) is 0 Å². The van der Waals surface area contributed by atoms with Crippen LogP contribution in [0.2, 0.25) is 0 Å². The molecule has 4 aromatic carbocycles. The molecule has 5 heterocycles. The van der Waals surface area contributed by atoms with Crippen molar-refractivity contribution >= 4 is 45.0 Å². The minimum Gasteiger partial charge on any atom is -0.506 e.